The summed E-state index contributed by atoms with van der Waals surface area (Å²) in [7, 11) is 0. The van der Waals surface area contributed by atoms with Crippen LogP contribution >= 0.6 is 23.4 Å². The lowest BCUT2D eigenvalue weighted by molar-refractivity contribution is 0.103. The van der Waals surface area contributed by atoms with E-state index in [2.05, 4.69) is 9.97 Å². The number of carbonyl (C=O) groups excluding carboxylic acids is 1. The third kappa shape index (κ3) is 3.29. The largest absolute Gasteiger partial charge is 0.324 e. The molecule has 1 aromatic carbocycles. The van der Waals surface area contributed by atoms with Gasteiger partial charge in [0.1, 0.15) is 5.82 Å². The van der Waals surface area contributed by atoms with Crippen molar-refractivity contribution in [2.75, 3.05) is 6.26 Å². The second kappa shape index (κ2) is 7.17. The smallest absolute Gasteiger partial charge is 0.200 e. The number of nitrogens with zero attached hydrogens (tertiary/aromatic N) is 2. The lowest BCUT2D eigenvalue weighted by Crippen LogP contribution is -2.15. The number of rotatable bonds is 5. The Morgan fingerprint density at radius 3 is 2.64 bits per heavy atom. The molecule has 0 fully saturated rings. The third-order valence-electron chi connectivity index (χ3n) is 3.26. The molecule has 2 rings (SSSR count). The Labute approximate surface area is 141 Å². The van der Waals surface area contributed by atoms with Gasteiger partial charge in [-0.2, -0.15) is 0 Å². The highest BCUT2D eigenvalue weighted by Crippen LogP contribution is 2.28. The van der Waals surface area contributed by atoms with Gasteiger partial charge in [0.25, 0.3) is 0 Å². The van der Waals surface area contributed by atoms with Gasteiger partial charge in [0, 0.05) is 28.3 Å². The van der Waals surface area contributed by atoms with E-state index in [1.165, 1.54) is 36.3 Å². The van der Waals surface area contributed by atoms with Gasteiger partial charge in [0.05, 0.1) is 16.1 Å². The van der Waals surface area contributed by atoms with Crippen molar-refractivity contribution in [2.24, 2.45) is 5.73 Å². The molecule has 122 valence electrons. The highest BCUT2D eigenvalue weighted by atomic mass is 35.5. The third-order valence-corrected chi connectivity index (χ3v) is 4.15. The van der Waals surface area contributed by atoms with Gasteiger partial charge < -0.3 is 5.73 Å². The van der Waals surface area contributed by atoms with Crippen LogP contribution in [0.15, 0.2) is 29.7 Å². The summed E-state index contributed by atoms with van der Waals surface area (Å²) in [5, 5.41) is 0.577. The van der Waals surface area contributed by atoms with E-state index in [1.54, 1.807) is 0 Å². The molecular weight excluding hydrogens is 325 g/mol. The molecule has 0 radical (unpaired) electrons. The fourth-order valence-electron chi connectivity index (χ4n) is 1.97. The van der Waals surface area contributed by atoms with E-state index < -0.39 is 17.6 Å². The molecule has 2 aromatic rings. The van der Waals surface area contributed by atoms with Gasteiger partial charge in [0.2, 0.25) is 5.78 Å². The molecule has 0 aliphatic heterocycles. The van der Waals surface area contributed by atoms with Gasteiger partial charge in [-0.15, -0.1) is 0 Å². The SMILES string of the molecule is CC[C@@H](N)c1ccc(Cl)c(C(=O)c2cnc(SC)nc2)c1F.[HH].[HH].[HH]. The summed E-state index contributed by atoms with van der Waals surface area (Å²) in [6, 6.07) is 2.51. The lowest BCUT2D eigenvalue weighted by Gasteiger charge is -2.14. The van der Waals surface area contributed by atoms with Crippen molar-refractivity contribution in [3.63, 3.8) is 0 Å². The molecule has 0 aliphatic carbocycles. The minimum atomic E-state index is -0.680. The predicted molar refractivity (Wildman–Crippen MR) is 92.2 cm³/mol. The first-order valence-electron chi connectivity index (χ1n) is 6.63. The maximum Gasteiger partial charge on any atom is 0.200 e. The molecule has 7 heteroatoms. The topological polar surface area (TPSA) is 68.9 Å². The molecule has 1 heterocycles. The monoisotopic (exact) mass is 345 g/mol. The van der Waals surface area contributed by atoms with Gasteiger partial charge in [0.15, 0.2) is 5.16 Å². The van der Waals surface area contributed by atoms with Crippen LogP contribution in [0.25, 0.3) is 0 Å². The molecule has 0 amide bonds. The highest BCUT2D eigenvalue weighted by Gasteiger charge is 2.23. The fraction of sp³-hybridized carbons (Fsp3) is 0.267. The van der Waals surface area contributed by atoms with E-state index >= 15 is 0 Å². The summed E-state index contributed by atoms with van der Waals surface area (Å²) in [4.78, 5) is 20.5. The number of aromatic nitrogens is 2. The second-order valence-corrected chi connectivity index (χ2v) is 5.81. The number of thioether (sulfide) groups is 1. The van der Waals surface area contributed by atoms with Crippen LogP contribution in [-0.2, 0) is 0 Å². The predicted octanol–water partition coefficient (Wildman–Crippen LogP) is 4.37. The first-order valence-corrected chi connectivity index (χ1v) is 8.24. The zero-order valence-electron chi connectivity index (χ0n) is 12.1. The molecule has 0 aliphatic rings. The summed E-state index contributed by atoms with van der Waals surface area (Å²) >= 11 is 7.36. The maximum atomic E-state index is 14.6. The minimum Gasteiger partial charge on any atom is -0.324 e. The van der Waals surface area contributed by atoms with Crippen molar-refractivity contribution in [1.29, 1.82) is 0 Å². The van der Waals surface area contributed by atoms with Crippen LogP contribution in [0.1, 0.15) is 45.2 Å². The molecule has 0 bridgehead atoms. The summed E-state index contributed by atoms with van der Waals surface area (Å²) in [5.74, 6) is -1.24. The van der Waals surface area contributed by atoms with Crippen molar-refractivity contribution in [1.82, 2.24) is 9.97 Å². The molecule has 4 nitrogen and oxygen atoms in total. The fourth-order valence-corrected chi connectivity index (χ4v) is 2.51. The Bertz CT molecular complexity index is 707. The van der Waals surface area contributed by atoms with Crippen LogP contribution in [0.3, 0.4) is 0 Å². The molecule has 0 spiro atoms. The van der Waals surface area contributed by atoms with Gasteiger partial charge in [-0.25, -0.2) is 14.4 Å². The van der Waals surface area contributed by atoms with E-state index in [0.29, 0.717) is 11.6 Å². The number of ketones is 1. The standard InChI is InChI=1S/C15H15ClFN3OS.3H2/c1-3-11(18)9-4-5-10(16)12(13(9)17)14(21)8-6-19-15(22-2)20-7-8;;;/h4-7,11H,3,18H2,1-2H3;3*1H/t11-;;;/m1.../s1. The Hall–Kier alpha value is -1.50. The number of carbonyl (C=O) groups is 1. The summed E-state index contributed by atoms with van der Waals surface area (Å²) < 4.78 is 14.6. The molecule has 1 atom stereocenters. The summed E-state index contributed by atoms with van der Waals surface area (Å²) in [6.07, 6.45) is 5.10. The van der Waals surface area contributed by atoms with E-state index in [-0.39, 0.29) is 26.0 Å². The maximum absolute atomic E-state index is 14.6. The molecule has 0 saturated carbocycles. The number of nitrogens with two attached hydrogens (primary N) is 1. The van der Waals surface area contributed by atoms with E-state index in [1.807, 2.05) is 13.2 Å². The highest BCUT2D eigenvalue weighted by molar-refractivity contribution is 7.98. The first-order chi connectivity index (χ1) is 10.5. The second-order valence-electron chi connectivity index (χ2n) is 4.63. The zero-order chi connectivity index (χ0) is 16.3. The van der Waals surface area contributed by atoms with E-state index in [9.17, 15) is 9.18 Å². The van der Waals surface area contributed by atoms with Gasteiger partial charge in [-0.3, -0.25) is 4.79 Å². The number of benzene rings is 1. The quantitative estimate of drug-likeness (QED) is 0.495. The normalized spacial score (nSPS) is 12.2. The van der Waals surface area contributed by atoms with E-state index in [4.69, 9.17) is 17.3 Å². The molecular formula is C15H21ClFN3OS. The Balaban J connectivity index is 0. The number of hydrogen-bond donors (Lipinski definition) is 1. The van der Waals surface area contributed by atoms with E-state index in [0.717, 1.165) is 0 Å². The first kappa shape index (κ1) is 16.9. The number of halogens is 2. The van der Waals surface area contributed by atoms with Crippen molar-refractivity contribution < 1.29 is 13.5 Å². The van der Waals surface area contributed by atoms with Crippen LogP contribution in [-0.4, -0.2) is 22.0 Å². The van der Waals surface area contributed by atoms with Crippen molar-refractivity contribution in [3.05, 3.63) is 52.1 Å². The van der Waals surface area contributed by atoms with Gasteiger partial charge in [-0.05, 0) is 18.7 Å². The zero-order valence-corrected chi connectivity index (χ0v) is 13.7. The van der Waals surface area contributed by atoms with Gasteiger partial charge >= 0.3 is 0 Å². The van der Waals surface area contributed by atoms with Crippen LogP contribution in [0.4, 0.5) is 4.39 Å². The minimum absolute atomic E-state index is 0. The molecule has 0 unspecified atom stereocenters. The Kier molecular flexibility index (Phi) is 5.50. The average Bonchev–Trinajstić information content (AvgIpc) is 2.54. The number of hydrogen-bond acceptors (Lipinski definition) is 5. The average molecular weight is 346 g/mol. The molecule has 2 N–H and O–H groups in total. The Morgan fingerprint density at radius 1 is 1.45 bits per heavy atom. The molecule has 1 aromatic heterocycles. The van der Waals surface area contributed by atoms with Crippen LogP contribution < -0.4 is 5.73 Å². The van der Waals surface area contributed by atoms with Crippen molar-refractivity contribution in [3.8, 4) is 0 Å². The lowest BCUT2D eigenvalue weighted by atomic mass is 9.97. The Morgan fingerprint density at radius 2 is 2.09 bits per heavy atom. The van der Waals surface area contributed by atoms with Crippen LogP contribution in [0.5, 0.6) is 0 Å². The summed E-state index contributed by atoms with van der Waals surface area (Å²) in [6.45, 7) is 1.84. The van der Waals surface area contributed by atoms with Crippen molar-refractivity contribution >= 4 is 29.1 Å². The summed E-state index contributed by atoms with van der Waals surface area (Å²) in [5.41, 5.74) is 6.13. The van der Waals surface area contributed by atoms with Gasteiger partial charge in [-0.1, -0.05) is 36.4 Å². The van der Waals surface area contributed by atoms with Crippen LogP contribution in [0.2, 0.25) is 5.02 Å². The molecule has 0 saturated heterocycles. The molecule has 22 heavy (non-hydrogen) atoms. The van der Waals surface area contributed by atoms with Crippen molar-refractivity contribution in [2.45, 2.75) is 24.5 Å². The van der Waals surface area contributed by atoms with Crippen LogP contribution in [0, 0.1) is 5.82 Å².